The van der Waals surface area contributed by atoms with Crippen LogP contribution in [0.1, 0.15) is 76.1 Å². The number of hydrogen-bond acceptors (Lipinski definition) is 6. The third-order valence-electron chi connectivity index (χ3n) is 5.38. The van der Waals surface area contributed by atoms with Gasteiger partial charge in [-0.2, -0.15) is 0 Å². The second-order valence-electron chi connectivity index (χ2n) is 10.1. The highest BCUT2D eigenvalue weighted by atomic mass is 16.5. The topological polar surface area (TPSA) is 93.1 Å². The lowest BCUT2D eigenvalue weighted by molar-refractivity contribution is -0.0345. The van der Waals surface area contributed by atoms with Gasteiger partial charge in [-0.15, -0.1) is 0 Å². The minimum Gasteiger partial charge on any atom is -0.461 e. The summed E-state index contributed by atoms with van der Waals surface area (Å²) in [6.45, 7) is 14.9. The second kappa shape index (κ2) is 10.4. The van der Waals surface area contributed by atoms with Crippen molar-refractivity contribution in [1.82, 2.24) is 0 Å². The van der Waals surface area contributed by atoms with E-state index in [9.17, 15) is 19.8 Å². The standard InChI is InChI=1S/C24H38O6/c1-15(2)19(25)23(5,6)13-29-21(27)17-11-9-10-12-18(17)22(28)30-14-24(7,8)20(26)16(3)4/h9-12,15-16,19-20,25-26H,13-14H2,1-8H3. The molecule has 0 aliphatic rings. The molecule has 1 aromatic carbocycles. The fraction of sp³-hybridized carbons (Fsp3) is 0.667. The van der Waals surface area contributed by atoms with Gasteiger partial charge >= 0.3 is 11.9 Å². The maximum absolute atomic E-state index is 12.7. The molecule has 6 heteroatoms. The highest BCUT2D eigenvalue weighted by Crippen LogP contribution is 2.28. The zero-order valence-corrected chi connectivity index (χ0v) is 19.6. The van der Waals surface area contributed by atoms with Gasteiger partial charge in [-0.3, -0.25) is 0 Å². The summed E-state index contributed by atoms with van der Waals surface area (Å²) in [6, 6.07) is 6.32. The molecule has 0 aromatic heterocycles. The lowest BCUT2D eigenvalue weighted by Crippen LogP contribution is -2.38. The molecule has 1 rings (SSSR count). The Morgan fingerprint density at radius 2 is 1.07 bits per heavy atom. The van der Waals surface area contributed by atoms with Crippen molar-refractivity contribution in [2.24, 2.45) is 22.7 Å². The molecule has 0 fully saturated rings. The van der Waals surface area contributed by atoms with Gasteiger partial charge in [-0.25, -0.2) is 9.59 Å². The summed E-state index contributed by atoms with van der Waals surface area (Å²) in [5, 5.41) is 20.6. The van der Waals surface area contributed by atoms with Crippen LogP contribution in [0.2, 0.25) is 0 Å². The summed E-state index contributed by atoms with van der Waals surface area (Å²) in [5.74, 6) is -1.25. The molecule has 0 amide bonds. The van der Waals surface area contributed by atoms with Crippen LogP contribution in [-0.4, -0.2) is 47.6 Å². The number of esters is 2. The Morgan fingerprint density at radius 3 is 1.33 bits per heavy atom. The van der Waals surface area contributed by atoms with Crippen molar-refractivity contribution in [2.45, 2.75) is 67.6 Å². The predicted octanol–water partition coefficient (Wildman–Crippen LogP) is 4.09. The lowest BCUT2D eigenvalue weighted by Gasteiger charge is -2.32. The van der Waals surface area contributed by atoms with E-state index in [0.29, 0.717) is 0 Å². The number of ether oxygens (including phenoxy) is 2. The van der Waals surface area contributed by atoms with E-state index in [-0.39, 0.29) is 36.2 Å². The predicted molar refractivity (Wildman–Crippen MR) is 116 cm³/mol. The maximum Gasteiger partial charge on any atom is 0.339 e. The highest BCUT2D eigenvalue weighted by molar-refractivity contribution is 6.03. The molecule has 0 bridgehead atoms. The fourth-order valence-electron chi connectivity index (χ4n) is 3.47. The molecule has 0 radical (unpaired) electrons. The van der Waals surface area contributed by atoms with Crippen LogP contribution in [0.4, 0.5) is 0 Å². The largest absolute Gasteiger partial charge is 0.461 e. The number of hydrogen-bond donors (Lipinski definition) is 2. The van der Waals surface area contributed by atoms with Gasteiger partial charge in [0.1, 0.15) is 0 Å². The van der Waals surface area contributed by atoms with Crippen LogP contribution in [0.25, 0.3) is 0 Å². The molecule has 0 heterocycles. The van der Waals surface area contributed by atoms with Gasteiger partial charge in [0.25, 0.3) is 0 Å². The van der Waals surface area contributed by atoms with Crippen LogP contribution in [-0.2, 0) is 9.47 Å². The second-order valence-corrected chi connectivity index (χ2v) is 10.1. The van der Waals surface area contributed by atoms with Crippen molar-refractivity contribution >= 4 is 11.9 Å². The summed E-state index contributed by atoms with van der Waals surface area (Å²) in [6.07, 6.45) is -1.28. The number of aliphatic hydroxyl groups excluding tert-OH is 2. The first-order chi connectivity index (χ1) is 13.7. The van der Waals surface area contributed by atoms with Crippen molar-refractivity contribution in [2.75, 3.05) is 13.2 Å². The first-order valence-corrected chi connectivity index (χ1v) is 10.5. The van der Waals surface area contributed by atoms with E-state index in [4.69, 9.17) is 9.47 Å². The fourth-order valence-corrected chi connectivity index (χ4v) is 3.47. The highest BCUT2D eigenvalue weighted by Gasteiger charge is 2.34. The minimum atomic E-state index is -0.645. The third kappa shape index (κ3) is 6.81. The average molecular weight is 423 g/mol. The molecule has 0 spiro atoms. The molecule has 0 aliphatic carbocycles. The van der Waals surface area contributed by atoms with Crippen LogP contribution in [0, 0.1) is 22.7 Å². The SMILES string of the molecule is CC(C)C(O)C(C)(C)COC(=O)c1ccccc1C(=O)OCC(C)(C)C(O)C(C)C. The molecule has 1 aromatic rings. The Balaban J connectivity index is 2.89. The molecule has 0 saturated heterocycles. The Kier molecular flexibility index (Phi) is 9.06. The molecular weight excluding hydrogens is 384 g/mol. The zero-order valence-electron chi connectivity index (χ0n) is 19.6. The van der Waals surface area contributed by atoms with Gasteiger partial charge in [0, 0.05) is 10.8 Å². The summed E-state index contributed by atoms with van der Waals surface area (Å²) < 4.78 is 10.8. The van der Waals surface area contributed by atoms with Gasteiger partial charge in [-0.05, 0) is 24.0 Å². The Morgan fingerprint density at radius 1 is 0.767 bits per heavy atom. The number of carbonyl (C=O) groups is 2. The van der Waals surface area contributed by atoms with Crippen molar-refractivity contribution in [3.05, 3.63) is 35.4 Å². The summed E-state index contributed by atoms with van der Waals surface area (Å²) >= 11 is 0. The number of carbonyl (C=O) groups excluding carboxylic acids is 2. The molecule has 30 heavy (non-hydrogen) atoms. The van der Waals surface area contributed by atoms with Gasteiger partial charge in [-0.1, -0.05) is 67.5 Å². The average Bonchev–Trinajstić information content (AvgIpc) is 2.68. The van der Waals surface area contributed by atoms with Crippen LogP contribution < -0.4 is 0 Å². The Hall–Kier alpha value is -1.92. The summed E-state index contributed by atoms with van der Waals surface area (Å²) in [7, 11) is 0. The van der Waals surface area contributed by atoms with Crippen LogP contribution in [0.15, 0.2) is 24.3 Å². The smallest absolute Gasteiger partial charge is 0.339 e. The Bertz CT molecular complexity index is 659. The van der Waals surface area contributed by atoms with Crippen LogP contribution in [0.3, 0.4) is 0 Å². The van der Waals surface area contributed by atoms with Gasteiger partial charge in [0.05, 0.1) is 36.5 Å². The minimum absolute atomic E-state index is 0.0160. The summed E-state index contributed by atoms with van der Waals surface area (Å²) in [4.78, 5) is 25.3. The van der Waals surface area contributed by atoms with E-state index in [2.05, 4.69) is 0 Å². The van der Waals surface area contributed by atoms with E-state index in [0.717, 1.165) is 0 Å². The van der Waals surface area contributed by atoms with Crippen molar-refractivity contribution in [3.8, 4) is 0 Å². The van der Waals surface area contributed by atoms with E-state index < -0.39 is 35.0 Å². The molecule has 6 nitrogen and oxygen atoms in total. The van der Waals surface area contributed by atoms with Gasteiger partial charge in [0.15, 0.2) is 0 Å². The van der Waals surface area contributed by atoms with E-state index in [1.807, 2.05) is 55.4 Å². The first-order valence-electron chi connectivity index (χ1n) is 10.5. The van der Waals surface area contributed by atoms with Gasteiger partial charge < -0.3 is 19.7 Å². The van der Waals surface area contributed by atoms with Crippen LogP contribution in [0.5, 0.6) is 0 Å². The molecule has 2 atom stereocenters. The zero-order chi connectivity index (χ0) is 23.3. The quantitative estimate of drug-likeness (QED) is 0.552. The van der Waals surface area contributed by atoms with Crippen molar-refractivity contribution in [3.63, 3.8) is 0 Å². The maximum atomic E-state index is 12.7. The lowest BCUT2D eigenvalue weighted by atomic mass is 9.81. The number of aliphatic hydroxyl groups is 2. The van der Waals surface area contributed by atoms with E-state index in [1.165, 1.54) is 12.1 Å². The molecule has 0 saturated carbocycles. The van der Waals surface area contributed by atoms with Crippen molar-refractivity contribution in [1.29, 1.82) is 0 Å². The van der Waals surface area contributed by atoms with E-state index >= 15 is 0 Å². The molecule has 2 N–H and O–H groups in total. The molecule has 2 unspecified atom stereocenters. The molecular formula is C24H38O6. The normalized spacial score (nSPS) is 14.5. The van der Waals surface area contributed by atoms with E-state index in [1.54, 1.807) is 12.1 Å². The van der Waals surface area contributed by atoms with Gasteiger partial charge in [0.2, 0.25) is 0 Å². The first kappa shape index (κ1) is 26.1. The van der Waals surface area contributed by atoms with Crippen LogP contribution >= 0.6 is 0 Å². The molecule has 0 aliphatic heterocycles. The summed E-state index contributed by atoms with van der Waals surface area (Å²) in [5.41, 5.74) is -1.04. The molecule has 170 valence electrons. The monoisotopic (exact) mass is 422 g/mol. The third-order valence-corrected chi connectivity index (χ3v) is 5.38. The Labute approximate surface area is 180 Å². The number of benzene rings is 1. The van der Waals surface area contributed by atoms with Crippen molar-refractivity contribution < 1.29 is 29.3 Å². The number of rotatable bonds is 10.